The minimum absolute atomic E-state index is 0.142. The van der Waals surface area contributed by atoms with Crippen LogP contribution in [0.25, 0.3) is 0 Å². The van der Waals surface area contributed by atoms with E-state index in [1.54, 1.807) is 17.8 Å². The molecule has 0 radical (unpaired) electrons. The standard InChI is InChI=1S/C16H14Cl2N2S/c17-11-6-5-10(14(18)7-11)9-20-16-13(8-19)12-3-1-2-4-15(12)21-16/h5-7,13H,1-4,9H2. The van der Waals surface area contributed by atoms with E-state index in [1.165, 1.54) is 23.3 Å². The lowest BCUT2D eigenvalue weighted by Crippen LogP contribution is -2.08. The number of hydrogen-bond donors (Lipinski definition) is 0. The third-order valence-corrected chi connectivity index (χ3v) is 5.70. The number of benzene rings is 1. The van der Waals surface area contributed by atoms with Crippen LogP contribution in [0.1, 0.15) is 31.2 Å². The highest BCUT2D eigenvalue weighted by molar-refractivity contribution is 8.17. The summed E-state index contributed by atoms with van der Waals surface area (Å²) in [4.78, 5) is 6.02. The summed E-state index contributed by atoms with van der Waals surface area (Å²) in [6.45, 7) is 0.497. The van der Waals surface area contributed by atoms with Gasteiger partial charge in [0.15, 0.2) is 0 Å². The fourth-order valence-corrected chi connectivity index (χ4v) is 4.49. The maximum absolute atomic E-state index is 9.44. The van der Waals surface area contributed by atoms with Crippen molar-refractivity contribution in [1.82, 2.24) is 0 Å². The van der Waals surface area contributed by atoms with Gasteiger partial charge in [0.25, 0.3) is 0 Å². The molecule has 1 aliphatic heterocycles. The van der Waals surface area contributed by atoms with Crippen LogP contribution in [0.5, 0.6) is 0 Å². The molecule has 0 N–H and O–H groups in total. The minimum atomic E-state index is -0.142. The van der Waals surface area contributed by atoms with Crippen LogP contribution in [0.15, 0.2) is 33.7 Å². The first-order valence-electron chi connectivity index (χ1n) is 6.96. The van der Waals surface area contributed by atoms with Gasteiger partial charge in [0, 0.05) is 10.0 Å². The second-order valence-corrected chi connectivity index (χ2v) is 7.17. The predicted molar refractivity (Wildman–Crippen MR) is 89.8 cm³/mol. The topological polar surface area (TPSA) is 36.1 Å². The van der Waals surface area contributed by atoms with Crippen LogP contribution in [0.4, 0.5) is 0 Å². The Morgan fingerprint density at radius 1 is 1.29 bits per heavy atom. The molecule has 1 unspecified atom stereocenters. The van der Waals surface area contributed by atoms with Crippen LogP contribution in [0.3, 0.4) is 0 Å². The van der Waals surface area contributed by atoms with Crippen LogP contribution in [-0.2, 0) is 6.54 Å². The van der Waals surface area contributed by atoms with Gasteiger partial charge in [-0.2, -0.15) is 5.26 Å². The van der Waals surface area contributed by atoms with Gasteiger partial charge >= 0.3 is 0 Å². The molecule has 1 aromatic rings. The van der Waals surface area contributed by atoms with Gasteiger partial charge in [-0.3, -0.25) is 4.99 Å². The predicted octanol–water partition coefficient (Wildman–Crippen LogP) is 5.61. The van der Waals surface area contributed by atoms with E-state index in [1.807, 2.05) is 12.1 Å². The first-order chi connectivity index (χ1) is 10.2. The summed E-state index contributed by atoms with van der Waals surface area (Å²) in [6, 6.07) is 7.84. The smallest absolute Gasteiger partial charge is 0.116 e. The fourth-order valence-electron chi connectivity index (χ4n) is 2.73. The third-order valence-electron chi connectivity index (χ3n) is 3.83. The van der Waals surface area contributed by atoms with Gasteiger partial charge < -0.3 is 0 Å². The van der Waals surface area contributed by atoms with E-state index >= 15 is 0 Å². The highest BCUT2D eigenvalue weighted by Crippen LogP contribution is 2.45. The number of rotatable bonds is 2. The Balaban J connectivity index is 1.80. The highest BCUT2D eigenvalue weighted by atomic mass is 35.5. The lowest BCUT2D eigenvalue weighted by molar-refractivity contribution is 0.674. The molecule has 0 spiro atoms. The molecule has 0 saturated heterocycles. The van der Waals surface area contributed by atoms with Crippen molar-refractivity contribution >= 4 is 40.0 Å². The number of halogens is 2. The molecular weight excluding hydrogens is 323 g/mol. The molecule has 1 heterocycles. The summed E-state index contributed by atoms with van der Waals surface area (Å²) in [5, 5.41) is 11.6. The Kier molecular flexibility index (Phi) is 4.59. The van der Waals surface area contributed by atoms with Gasteiger partial charge in [0.2, 0.25) is 0 Å². The van der Waals surface area contributed by atoms with Crippen LogP contribution in [-0.4, -0.2) is 5.04 Å². The molecule has 5 heteroatoms. The van der Waals surface area contributed by atoms with Crippen LogP contribution < -0.4 is 0 Å². The largest absolute Gasteiger partial charge is 0.276 e. The molecule has 2 nitrogen and oxygen atoms in total. The van der Waals surface area contributed by atoms with Gasteiger partial charge in [0.1, 0.15) is 5.92 Å². The van der Waals surface area contributed by atoms with E-state index in [9.17, 15) is 5.26 Å². The van der Waals surface area contributed by atoms with Gasteiger partial charge in [-0.25, -0.2) is 0 Å². The van der Waals surface area contributed by atoms with E-state index in [-0.39, 0.29) is 5.92 Å². The Labute approximate surface area is 138 Å². The molecule has 0 aromatic heterocycles. The third kappa shape index (κ3) is 3.13. The molecule has 0 amide bonds. The van der Waals surface area contributed by atoms with Gasteiger partial charge in [-0.1, -0.05) is 41.0 Å². The Bertz CT molecular complexity index is 673. The zero-order valence-electron chi connectivity index (χ0n) is 11.4. The van der Waals surface area contributed by atoms with E-state index < -0.39 is 0 Å². The maximum Gasteiger partial charge on any atom is 0.116 e. The van der Waals surface area contributed by atoms with Gasteiger partial charge in [-0.15, -0.1) is 0 Å². The molecule has 1 aliphatic carbocycles. The zero-order valence-corrected chi connectivity index (χ0v) is 13.7. The first kappa shape index (κ1) is 15.0. The average molecular weight is 337 g/mol. The Morgan fingerprint density at radius 2 is 2.10 bits per heavy atom. The lowest BCUT2D eigenvalue weighted by Gasteiger charge is -2.13. The molecule has 108 valence electrons. The van der Waals surface area contributed by atoms with Crippen molar-refractivity contribution in [3.8, 4) is 6.07 Å². The van der Waals surface area contributed by atoms with Crippen LogP contribution in [0.2, 0.25) is 10.0 Å². The van der Waals surface area contributed by atoms with Crippen molar-refractivity contribution in [2.24, 2.45) is 10.9 Å². The van der Waals surface area contributed by atoms with Crippen molar-refractivity contribution in [1.29, 1.82) is 5.26 Å². The maximum atomic E-state index is 9.44. The second-order valence-electron chi connectivity index (χ2n) is 5.21. The Hall–Kier alpha value is -0.950. The summed E-state index contributed by atoms with van der Waals surface area (Å²) in [6.07, 6.45) is 4.55. The van der Waals surface area contributed by atoms with E-state index in [0.717, 1.165) is 23.4 Å². The Morgan fingerprint density at radius 3 is 2.86 bits per heavy atom. The van der Waals surface area contributed by atoms with Gasteiger partial charge in [0.05, 0.1) is 17.7 Å². The number of aliphatic imine (C=N–C) groups is 1. The molecule has 0 saturated carbocycles. The van der Waals surface area contributed by atoms with Crippen LogP contribution >= 0.6 is 35.0 Å². The number of thioether (sulfide) groups is 1. The molecule has 2 aliphatic rings. The summed E-state index contributed by atoms with van der Waals surface area (Å²) in [5.74, 6) is -0.142. The molecule has 1 aromatic carbocycles. The van der Waals surface area contributed by atoms with E-state index in [4.69, 9.17) is 23.2 Å². The summed E-state index contributed by atoms with van der Waals surface area (Å²) >= 11 is 13.8. The second kappa shape index (κ2) is 6.44. The fraction of sp³-hybridized carbons (Fsp3) is 0.375. The summed E-state index contributed by atoms with van der Waals surface area (Å²) in [5.41, 5.74) is 2.24. The lowest BCUT2D eigenvalue weighted by atomic mass is 9.91. The first-order valence-corrected chi connectivity index (χ1v) is 8.54. The van der Waals surface area contributed by atoms with Crippen molar-refractivity contribution < 1.29 is 0 Å². The quantitative estimate of drug-likeness (QED) is 0.703. The number of hydrogen-bond acceptors (Lipinski definition) is 3. The van der Waals surface area contributed by atoms with Gasteiger partial charge in [-0.05, 0) is 53.9 Å². The molecule has 21 heavy (non-hydrogen) atoms. The van der Waals surface area contributed by atoms with Crippen molar-refractivity contribution in [3.63, 3.8) is 0 Å². The minimum Gasteiger partial charge on any atom is -0.276 e. The monoisotopic (exact) mass is 336 g/mol. The summed E-state index contributed by atoms with van der Waals surface area (Å²) in [7, 11) is 0. The molecule has 0 bridgehead atoms. The molecule has 1 atom stereocenters. The number of allylic oxidation sites excluding steroid dienone is 2. The van der Waals surface area contributed by atoms with Crippen molar-refractivity contribution in [2.75, 3.05) is 0 Å². The van der Waals surface area contributed by atoms with Crippen molar-refractivity contribution in [2.45, 2.75) is 32.2 Å². The zero-order chi connectivity index (χ0) is 14.8. The highest BCUT2D eigenvalue weighted by Gasteiger charge is 2.33. The molecule has 3 rings (SSSR count). The number of nitrogens with zero attached hydrogens (tertiary/aromatic N) is 2. The van der Waals surface area contributed by atoms with Crippen molar-refractivity contribution in [3.05, 3.63) is 44.3 Å². The van der Waals surface area contributed by atoms with E-state index in [2.05, 4.69) is 11.1 Å². The molecular formula is C16H14Cl2N2S. The normalized spacial score (nSPS) is 23.3. The SMILES string of the molecule is N#CC1C(=NCc2ccc(Cl)cc2Cl)SC2=C1CCCC2. The summed E-state index contributed by atoms with van der Waals surface area (Å²) < 4.78 is 0. The average Bonchev–Trinajstić information content (AvgIpc) is 2.83. The van der Waals surface area contributed by atoms with Crippen LogP contribution in [0, 0.1) is 17.2 Å². The number of nitriles is 1. The molecule has 0 fully saturated rings. The van der Waals surface area contributed by atoms with E-state index in [0.29, 0.717) is 16.6 Å².